The van der Waals surface area contributed by atoms with Crippen molar-refractivity contribution >= 4 is 17.8 Å². The number of amides is 2. The Morgan fingerprint density at radius 2 is 1.72 bits per heavy atom. The molecule has 6 heteroatoms. The lowest BCUT2D eigenvalue weighted by atomic mass is 9.89. The number of anilines is 1. The van der Waals surface area contributed by atoms with Gasteiger partial charge in [-0.05, 0) is 43.7 Å². The fourth-order valence-corrected chi connectivity index (χ4v) is 3.59. The lowest BCUT2D eigenvalue weighted by molar-refractivity contribution is -0.130. The number of likely N-dealkylation sites (tertiary alicyclic amines) is 1. The Morgan fingerprint density at radius 1 is 1.04 bits per heavy atom. The van der Waals surface area contributed by atoms with E-state index in [9.17, 15) is 9.59 Å². The molecule has 1 aromatic rings. The maximum absolute atomic E-state index is 12.3. The number of carbonyl (C=O) groups excluding carboxylic acids is 2. The molecule has 1 saturated heterocycles. The number of rotatable bonds is 4. The van der Waals surface area contributed by atoms with Gasteiger partial charge in [0.1, 0.15) is 0 Å². The van der Waals surface area contributed by atoms with Crippen LogP contribution in [0.1, 0.15) is 44.9 Å². The van der Waals surface area contributed by atoms with E-state index in [1.54, 1.807) is 24.5 Å². The topological polar surface area (TPSA) is 75.2 Å². The second-order valence-corrected chi connectivity index (χ2v) is 6.92. The molecule has 25 heavy (non-hydrogen) atoms. The Hall–Kier alpha value is -2.24. The third-order valence-electron chi connectivity index (χ3n) is 5.14. The summed E-state index contributed by atoms with van der Waals surface area (Å²) >= 11 is 0. The van der Waals surface area contributed by atoms with Crippen molar-refractivity contribution in [3.8, 4) is 0 Å². The second kappa shape index (κ2) is 8.74. The SMILES string of the molecule is O=C(Nc1ncccn1)C1CCN(C(=O)/C=C/C2CCCCC2)CC1. The highest BCUT2D eigenvalue weighted by atomic mass is 16.2. The van der Waals surface area contributed by atoms with Crippen molar-refractivity contribution in [2.24, 2.45) is 11.8 Å². The first-order valence-electron chi connectivity index (χ1n) is 9.27. The van der Waals surface area contributed by atoms with Crippen LogP contribution in [-0.4, -0.2) is 39.8 Å². The average molecular weight is 342 g/mol. The first-order valence-corrected chi connectivity index (χ1v) is 9.27. The van der Waals surface area contributed by atoms with Crippen LogP contribution in [0.3, 0.4) is 0 Å². The first kappa shape index (κ1) is 17.6. The number of carbonyl (C=O) groups is 2. The minimum Gasteiger partial charge on any atom is -0.339 e. The normalized spacial score (nSPS) is 19.9. The van der Waals surface area contributed by atoms with Crippen LogP contribution < -0.4 is 5.32 Å². The quantitative estimate of drug-likeness (QED) is 0.854. The van der Waals surface area contributed by atoms with Crippen LogP contribution in [0.5, 0.6) is 0 Å². The van der Waals surface area contributed by atoms with Gasteiger partial charge in [-0.1, -0.05) is 25.3 Å². The highest BCUT2D eigenvalue weighted by molar-refractivity contribution is 5.91. The number of aromatic nitrogens is 2. The van der Waals surface area contributed by atoms with Crippen molar-refractivity contribution in [2.75, 3.05) is 18.4 Å². The van der Waals surface area contributed by atoms with Gasteiger partial charge in [0, 0.05) is 31.4 Å². The molecule has 2 amide bonds. The summed E-state index contributed by atoms with van der Waals surface area (Å²) in [5.41, 5.74) is 0. The molecule has 0 aromatic carbocycles. The van der Waals surface area contributed by atoms with E-state index in [0.717, 1.165) is 0 Å². The van der Waals surface area contributed by atoms with Crippen LogP contribution in [0.4, 0.5) is 5.95 Å². The fraction of sp³-hybridized carbons (Fsp3) is 0.579. The van der Waals surface area contributed by atoms with E-state index >= 15 is 0 Å². The van der Waals surface area contributed by atoms with Crippen molar-refractivity contribution in [1.29, 1.82) is 0 Å². The maximum Gasteiger partial charge on any atom is 0.246 e. The van der Waals surface area contributed by atoms with Gasteiger partial charge in [0.15, 0.2) is 0 Å². The number of hydrogen-bond donors (Lipinski definition) is 1. The summed E-state index contributed by atoms with van der Waals surface area (Å²) in [6, 6.07) is 1.71. The van der Waals surface area contributed by atoms with Crippen molar-refractivity contribution in [3.05, 3.63) is 30.6 Å². The molecule has 0 radical (unpaired) electrons. The van der Waals surface area contributed by atoms with E-state index in [2.05, 4.69) is 21.4 Å². The van der Waals surface area contributed by atoms with Gasteiger partial charge >= 0.3 is 0 Å². The predicted octanol–water partition coefficient (Wildman–Crippen LogP) is 2.79. The Morgan fingerprint density at radius 3 is 2.40 bits per heavy atom. The monoisotopic (exact) mass is 342 g/mol. The molecule has 1 N–H and O–H groups in total. The lowest BCUT2D eigenvalue weighted by Gasteiger charge is -2.30. The fourth-order valence-electron chi connectivity index (χ4n) is 3.59. The summed E-state index contributed by atoms with van der Waals surface area (Å²) in [6.07, 6.45) is 14.7. The number of nitrogens with zero attached hydrogens (tertiary/aromatic N) is 3. The molecule has 2 aliphatic rings. The van der Waals surface area contributed by atoms with Crippen LogP contribution in [0.2, 0.25) is 0 Å². The first-order chi connectivity index (χ1) is 12.2. The molecule has 1 aliphatic heterocycles. The zero-order valence-electron chi connectivity index (χ0n) is 14.6. The molecule has 1 aromatic heterocycles. The van der Waals surface area contributed by atoms with Gasteiger partial charge in [-0.15, -0.1) is 0 Å². The molecule has 2 heterocycles. The molecule has 0 atom stereocenters. The van der Waals surface area contributed by atoms with Crippen molar-refractivity contribution in [2.45, 2.75) is 44.9 Å². The zero-order valence-corrected chi connectivity index (χ0v) is 14.6. The molecular formula is C19H26N4O2. The van der Waals surface area contributed by atoms with Crippen molar-refractivity contribution in [3.63, 3.8) is 0 Å². The highest BCUT2D eigenvalue weighted by Crippen LogP contribution is 2.25. The molecule has 1 saturated carbocycles. The number of hydrogen-bond acceptors (Lipinski definition) is 4. The van der Waals surface area contributed by atoms with E-state index in [-0.39, 0.29) is 17.7 Å². The van der Waals surface area contributed by atoms with Gasteiger partial charge in [-0.3, -0.25) is 14.9 Å². The lowest BCUT2D eigenvalue weighted by Crippen LogP contribution is -2.41. The minimum atomic E-state index is -0.0878. The van der Waals surface area contributed by atoms with Crippen LogP contribution >= 0.6 is 0 Å². The predicted molar refractivity (Wildman–Crippen MR) is 95.7 cm³/mol. The summed E-state index contributed by atoms with van der Waals surface area (Å²) in [5.74, 6) is 0.829. The largest absolute Gasteiger partial charge is 0.339 e. The van der Waals surface area contributed by atoms with Gasteiger partial charge in [0.2, 0.25) is 17.8 Å². The molecule has 1 aliphatic carbocycles. The standard InChI is InChI=1S/C19H26N4O2/c24-17(8-7-15-5-2-1-3-6-15)23-13-9-16(10-14-23)18(25)22-19-20-11-4-12-21-19/h4,7-8,11-12,15-16H,1-3,5-6,9-10,13-14H2,(H,20,21,22,25)/b8-7+. The Kier molecular flexibility index (Phi) is 6.14. The minimum absolute atomic E-state index is 0.0592. The Balaban J connectivity index is 1.44. The van der Waals surface area contributed by atoms with E-state index in [0.29, 0.717) is 37.8 Å². The number of allylic oxidation sites excluding steroid dienone is 1. The molecule has 0 bridgehead atoms. The summed E-state index contributed by atoms with van der Waals surface area (Å²) < 4.78 is 0. The van der Waals surface area contributed by atoms with Gasteiger partial charge in [0.25, 0.3) is 0 Å². The summed E-state index contributed by atoms with van der Waals surface area (Å²) in [7, 11) is 0. The molecular weight excluding hydrogens is 316 g/mol. The van der Waals surface area contributed by atoms with Crippen molar-refractivity contribution in [1.82, 2.24) is 14.9 Å². The molecule has 0 unspecified atom stereocenters. The van der Waals surface area contributed by atoms with E-state index < -0.39 is 0 Å². The molecule has 6 nitrogen and oxygen atoms in total. The van der Waals surface area contributed by atoms with Crippen LogP contribution in [-0.2, 0) is 9.59 Å². The summed E-state index contributed by atoms with van der Waals surface area (Å²) in [5, 5.41) is 2.75. The highest BCUT2D eigenvalue weighted by Gasteiger charge is 2.27. The Labute approximate surface area is 148 Å². The number of piperidine rings is 1. The van der Waals surface area contributed by atoms with E-state index in [1.807, 2.05) is 4.90 Å². The molecule has 134 valence electrons. The van der Waals surface area contributed by atoms with Gasteiger partial charge in [-0.2, -0.15) is 0 Å². The second-order valence-electron chi connectivity index (χ2n) is 6.92. The third-order valence-corrected chi connectivity index (χ3v) is 5.14. The zero-order chi connectivity index (χ0) is 17.5. The number of nitrogens with one attached hydrogen (secondary N) is 1. The molecule has 2 fully saturated rings. The molecule has 3 rings (SSSR count). The maximum atomic E-state index is 12.3. The van der Waals surface area contributed by atoms with Gasteiger partial charge in [-0.25, -0.2) is 9.97 Å². The van der Waals surface area contributed by atoms with Gasteiger partial charge in [0.05, 0.1) is 0 Å². The van der Waals surface area contributed by atoms with Crippen LogP contribution in [0.25, 0.3) is 0 Å². The van der Waals surface area contributed by atoms with E-state index in [4.69, 9.17) is 0 Å². The van der Waals surface area contributed by atoms with Crippen molar-refractivity contribution < 1.29 is 9.59 Å². The third kappa shape index (κ3) is 5.11. The average Bonchev–Trinajstić information content (AvgIpc) is 2.68. The van der Waals surface area contributed by atoms with Crippen LogP contribution in [0, 0.1) is 11.8 Å². The van der Waals surface area contributed by atoms with E-state index in [1.165, 1.54) is 32.1 Å². The smallest absolute Gasteiger partial charge is 0.246 e. The Bertz CT molecular complexity index is 603. The summed E-state index contributed by atoms with van der Waals surface area (Å²) in [4.78, 5) is 34.5. The van der Waals surface area contributed by atoms with Crippen LogP contribution in [0.15, 0.2) is 30.6 Å². The summed E-state index contributed by atoms with van der Waals surface area (Å²) in [6.45, 7) is 1.25. The molecule has 0 spiro atoms. The van der Waals surface area contributed by atoms with Gasteiger partial charge < -0.3 is 4.90 Å².